The average molecular weight is 484 g/mol. The number of carbonyl (C=O) groups is 2. The number of piperidine rings is 1. The van der Waals surface area contributed by atoms with Gasteiger partial charge in [0.05, 0.1) is 13.0 Å². The third kappa shape index (κ3) is 6.79. The molecule has 1 aromatic heterocycles. The minimum absolute atomic E-state index is 0.0295. The number of nitrogens with one attached hydrogen (secondary N) is 1. The Morgan fingerprint density at radius 2 is 1.91 bits per heavy atom. The van der Waals surface area contributed by atoms with Crippen LogP contribution in [0, 0.1) is 5.92 Å². The molecule has 0 spiro atoms. The van der Waals surface area contributed by atoms with Crippen molar-refractivity contribution in [2.24, 2.45) is 5.92 Å². The maximum absolute atomic E-state index is 12.7. The SMILES string of the molecule is O=C(Nc1ncc(Cc2cccc(Cl)c2)s1)C1CCN(C(=O)CCOc2ccccc2)CC1. The number of rotatable bonds is 8. The topological polar surface area (TPSA) is 71.5 Å². The van der Waals surface area contributed by atoms with Crippen molar-refractivity contribution in [2.45, 2.75) is 25.7 Å². The second-order valence-electron chi connectivity index (χ2n) is 7.99. The van der Waals surface area contributed by atoms with Crippen LogP contribution in [0.15, 0.2) is 60.8 Å². The molecular formula is C25H26ClN3O3S. The van der Waals surface area contributed by atoms with Crippen molar-refractivity contribution in [1.82, 2.24) is 9.88 Å². The van der Waals surface area contributed by atoms with E-state index in [1.54, 1.807) is 6.20 Å². The molecule has 172 valence electrons. The maximum Gasteiger partial charge on any atom is 0.229 e. The molecule has 3 aromatic rings. The number of likely N-dealkylation sites (tertiary alicyclic amines) is 1. The van der Waals surface area contributed by atoms with Gasteiger partial charge in [-0.1, -0.05) is 41.9 Å². The fourth-order valence-electron chi connectivity index (χ4n) is 3.82. The first kappa shape index (κ1) is 23.3. The lowest BCUT2D eigenvalue weighted by atomic mass is 9.96. The Labute approximate surface area is 202 Å². The van der Waals surface area contributed by atoms with Gasteiger partial charge in [-0.15, -0.1) is 11.3 Å². The Hall–Kier alpha value is -2.90. The fourth-order valence-corrected chi connectivity index (χ4v) is 4.89. The first-order valence-electron chi connectivity index (χ1n) is 11.0. The van der Waals surface area contributed by atoms with E-state index in [4.69, 9.17) is 16.3 Å². The predicted octanol–water partition coefficient (Wildman–Crippen LogP) is 5.03. The molecule has 0 unspecified atom stereocenters. The van der Waals surface area contributed by atoms with Gasteiger partial charge >= 0.3 is 0 Å². The van der Waals surface area contributed by atoms with Crippen LogP contribution in [0.4, 0.5) is 5.13 Å². The number of para-hydroxylation sites is 1. The van der Waals surface area contributed by atoms with Gasteiger partial charge in [0.1, 0.15) is 5.75 Å². The monoisotopic (exact) mass is 483 g/mol. The summed E-state index contributed by atoms with van der Waals surface area (Å²) in [6.45, 7) is 1.52. The van der Waals surface area contributed by atoms with E-state index >= 15 is 0 Å². The standard InChI is InChI=1S/C25H26ClN3O3S/c26-20-6-4-5-18(15-20)16-22-17-27-25(33-22)28-24(31)19-9-12-29(13-10-19)23(30)11-14-32-21-7-2-1-3-8-21/h1-8,15,17,19H,9-14,16H2,(H,27,28,31). The molecule has 1 saturated heterocycles. The van der Waals surface area contributed by atoms with Gasteiger partial charge in [0, 0.05) is 41.5 Å². The normalized spacial score (nSPS) is 14.2. The van der Waals surface area contributed by atoms with Crippen LogP contribution < -0.4 is 10.1 Å². The van der Waals surface area contributed by atoms with Crippen LogP contribution in [0.2, 0.25) is 5.02 Å². The lowest BCUT2D eigenvalue weighted by Gasteiger charge is -2.31. The molecule has 1 aliphatic rings. The quantitative estimate of drug-likeness (QED) is 0.487. The van der Waals surface area contributed by atoms with E-state index in [0.717, 1.165) is 22.6 Å². The molecule has 1 aliphatic heterocycles. The van der Waals surface area contributed by atoms with Gasteiger partial charge in [-0.05, 0) is 42.7 Å². The molecule has 0 bridgehead atoms. The summed E-state index contributed by atoms with van der Waals surface area (Å²) in [7, 11) is 0. The Morgan fingerprint density at radius 1 is 1.12 bits per heavy atom. The smallest absolute Gasteiger partial charge is 0.229 e. The van der Waals surface area contributed by atoms with Gasteiger partial charge in [-0.2, -0.15) is 0 Å². The highest BCUT2D eigenvalue weighted by Crippen LogP contribution is 2.25. The van der Waals surface area contributed by atoms with Gasteiger partial charge in [-0.25, -0.2) is 4.98 Å². The van der Waals surface area contributed by atoms with Crippen molar-refractivity contribution in [3.8, 4) is 5.75 Å². The fraction of sp³-hybridized carbons (Fsp3) is 0.320. The second kappa shape index (κ2) is 11.3. The van der Waals surface area contributed by atoms with Crippen molar-refractivity contribution in [3.63, 3.8) is 0 Å². The van der Waals surface area contributed by atoms with Gasteiger partial charge < -0.3 is 15.0 Å². The van der Waals surface area contributed by atoms with Crippen molar-refractivity contribution in [2.75, 3.05) is 25.0 Å². The lowest BCUT2D eigenvalue weighted by Crippen LogP contribution is -2.41. The van der Waals surface area contributed by atoms with E-state index in [0.29, 0.717) is 49.1 Å². The summed E-state index contributed by atoms with van der Waals surface area (Å²) < 4.78 is 5.61. The number of carbonyl (C=O) groups excluding carboxylic acids is 2. The van der Waals surface area contributed by atoms with Crippen LogP contribution in [-0.4, -0.2) is 41.4 Å². The second-order valence-corrected chi connectivity index (χ2v) is 9.55. The number of amides is 2. The number of hydrogen-bond donors (Lipinski definition) is 1. The van der Waals surface area contributed by atoms with Crippen LogP contribution in [0.1, 0.15) is 29.7 Å². The van der Waals surface area contributed by atoms with E-state index < -0.39 is 0 Å². The zero-order valence-electron chi connectivity index (χ0n) is 18.2. The summed E-state index contributed by atoms with van der Waals surface area (Å²) in [6, 6.07) is 17.2. The Kier molecular flexibility index (Phi) is 7.96. The summed E-state index contributed by atoms with van der Waals surface area (Å²) in [5.74, 6) is 0.682. The van der Waals surface area contributed by atoms with Crippen molar-refractivity contribution < 1.29 is 14.3 Å². The van der Waals surface area contributed by atoms with Crippen LogP contribution in [0.3, 0.4) is 0 Å². The van der Waals surface area contributed by atoms with Crippen LogP contribution in [-0.2, 0) is 16.0 Å². The molecule has 1 N–H and O–H groups in total. The number of thiazole rings is 1. The molecule has 2 heterocycles. The molecule has 2 aromatic carbocycles. The first-order valence-corrected chi connectivity index (χ1v) is 12.2. The molecule has 0 saturated carbocycles. The summed E-state index contributed by atoms with van der Waals surface area (Å²) in [4.78, 5) is 32.4. The van der Waals surface area contributed by atoms with Crippen LogP contribution in [0.5, 0.6) is 5.75 Å². The summed E-state index contributed by atoms with van der Waals surface area (Å²) in [5.41, 5.74) is 1.11. The van der Waals surface area contributed by atoms with E-state index in [9.17, 15) is 9.59 Å². The molecule has 33 heavy (non-hydrogen) atoms. The Morgan fingerprint density at radius 3 is 2.67 bits per heavy atom. The average Bonchev–Trinajstić information content (AvgIpc) is 3.26. The highest BCUT2D eigenvalue weighted by atomic mass is 35.5. The largest absolute Gasteiger partial charge is 0.493 e. The van der Waals surface area contributed by atoms with Crippen molar-refractivity contribution in [1.29, 1.82) is 0 Å². The Bertz CT molecular complexity index is 1080. The predicted molar refractivity (Wildman–Crippen MR) is 131 cm³/mol. The zero-order chi connectivity index (χ0) is 23.0. The summed E-state index contributed by atoms with van der Waals surface area (Å²) >= 11 is 7.53. The summed E-state index contributed by atoms with van der Waals surface area (Å²) in [5, 5.41) is 4.26. The van der Waals surface area contributed by atoms with E-state index in [2.05, 4.69) is 10.3 Å². The molecular weight excluding hydrogens is 458 g/mol. The number of benzene rings is 2. The first-order chi connectivity index (χ1) is 16.1. The highest BCUT2D eigenvalue weighted by Gasteiger charge is 2.27. The van der Waals surface area contributed by atoms with Gasteiger partial charge in [0.25, 0.3) is 0 Å². The molecule has 1 fully saturated rings. The molecule has 0 atom stereocenters. The van der Waals surface area contributed by atoms with Gasteiger partial charge in [-0.3, -0.25) is 9.59 Å². The molecule has 2 amide bonds. The van der Waals surface area contributed by atoms with Gasteiger partial charge in [0.15, 0.2) is 5.13 Å². The Balaban J connectivity index is 1.19. The third-order valence-electron chi connectivity index (χ3n) is 5.60. The van der Waals surface area contributed by atoms with Crippen molar-refractivity contribution >= 4 is 39.9 Å². The maximum atomic E-state index is 12.7. The van der Waals surface area contributed by atoms with Crippen LogP contribution >= 0.6 is 22.9 Å². The minimum Gasteiger partial charge on any atom is -0.493 e. The molecule has 8 heteroatoms. The molecule has 6 nitrogen and oxygen atoms in total. The van der Waals surface area contributed by atoms with E-state index in [1.165, 1.54) is 11.3 Å². The summed E-state index contributed by atoms with van der Waals surface area (Å²) in [6.07, 6.45) is 4.15. The number of halogens is 1. The molecule has 0 radical (unpaired) electrons. The van der Waals surface area contributed by atoms with Crippen LogP contribution in [0.25, 0.3) is 0 Å². The number of hydrogen-bond acceptors (Lipinski definition) is 5. The number of nitrogens with zero attached hydrogens (tertiary/aromatic N) is 2. The van der Waals surface area contributed by atoms with E-state index in [-0.39, 0.29) is 17.7 Å². The molecule has 4 rings (SSSR count). The number of anilines is 1. The van der Waals surface area contributed by atoms with E-state index in [1.807, 2.05) is 59.5 Å². The third-order valence-corrected chi connectivity index (χ3v) is 6.75. The van der Waals surface area contributed by atoms with Gasteiger partial charge in [0.2, 0.25) is 11.8 Å². The minimum atomic E-state index is -0.116. The lowest BCUT2D eigenvalue weighted by molar-refractivity contribution is -0.135. The van der Waals surface area contributed by atoms with Crippen molar-refractivity contribution in [3.05, 3.63) is 76.3 Å². The zero-order valence-corrected chi connectivity index (χ0v) is 19.8. The number of ether oxygens (including phenoxy) is 1. The number of aromatic nitrogens is 1. The molecule has 0 aliphatic carbocycles. The highest BCUT2D eigenvalue weighted by molar-refractivity contribution is 7.15.